The molecule has 43 heavy (non-hydrogen) atoms. The third-order valence-corrected chi connectivity index (χ3v) is 7.19. The van der Waals surface area contributed by atoms with Gasteiger partial charge in [-0.3, -0.25) is 4.79 Å². The van der Waals surface area contributed by atoms with Crippen LogP contribution in [-0.4, -0.2) is 36.5 Å². The van der Waals surface area contributed by atoms with Crippen molar-refractivity contribution in [3.05, 3.63) is 83.4 Å². The van der Waals surface area contributed by atoms with E-state index in [1.54, 1.807) is 0 Å². The topological polar surface area (TPSA) is 90.7 Å². The minimum Gasteiger partial charge on any atom is -0.373 e. The van der Waals surface area contributed by atoms with Crippen molar-refractivity contribution in [1.29, 1.82) is 0 Å². The van der Waals surface area contributed by atoms with Crippen molar-refractivity contribution < 1.29 is 9.59 Å². The molecule has 0 aliphatic heterocycles. The summed E-state index contributed by atoms with van der Waals surface area (Å²) in [4.78, 5) is 30.4. The van der Waals surface area contributed by atoms with Crippen molar-refractivity contribution in [2.45, 2.75) is 86.5 Å². The van der Waals surface area contributed by atoms with Crippen molar-refractivity contribution >= 4 is 23.3 Å². The molecule has 0 fully saturated rings. The van der Waals surface area contributed by atoms with E-state index in [1.165, 1.54) is 0 Å². The summed E-state index contributed by atoms with van der Waals surface area (Å²) in [7, 11) is 2.06. The lowest BCUT2D eigenvalue weighted by Crippen LogP contribution is -2.34. The van der Waals surface area contributed by atoms with Crippen LogP contribution in [0.3, 0.4) is 0 Å². The second-order valence-corrected chi connectivity index (χ2v) is 13.0. The van der Waals surface area contributed by atoms with E-state index in [1.807, 2.05) is 43.0 Å². The average molecular weight is 586 g/mol. The van der Waals surface area contributed by atoms with Crippen LogP contribution in [0, 0.1) is 5.41 Å². The average Bonchev–Trinajstić information content (AvgIpc) is 2.94. The van der Waals surface area contributed by atoms with Crippen LogP contribution in [0.5, 0.6) is 0 Å². The molecule has 3 rings (SSSR count). The van der Waals surface area contributed by atoms with Crippen molar-refractivity contribution in [3.8, 4) is 11.1 Å². The maximum Gasteiger partial charge on any atom is 0.319 e. The predicted octanol–water partition coefficient (Wildman–Crippen LogP) is 7.54. The molecular weight excluding hydrogens is 534 g/mol. The van der Waals surface area contributed by atoms with Gasteiger partial charge in [0.05, 0.1) is 11.4 Å². The maximum absolute atomic E-state index is 13.5. The number of nitrogens with zero attached hydrogens (tertiary/aromatic N) is 2. The Labute approximate surface area is 258 Å². The highest BCUT2D eigenvalue weighted by atomic mass is 16.2. The zero-order valence-electron chi connectivity index (χ0n) is 27.2. The van der Waals surface area contributed by atoms with Crippen LogP contribution in [0.25, 0.3) is 11.1 Å². The second kappa shape index (κ2) is 15.6. The summed E-state index contributed by atoms with van der Waals surface area (Å²) in [5.41, 5.74) is 12.7. The third-order valence-electron chi connectivity index (χ3n) is 7.19. The summed E-state index contributed by atoms with van der Waals surface area (Å²) in [6.45, 7) is 14.7. The van der Waals surface area contributed by atoms with Crippen LogP contribution in [0.1, 0.15) is 77.5 Å². The van der Waals surface area contributed by atoms with Gasteiger partial charge in [0.1, 0.15) is 0 Å². The normalized spacial score (nSPS) is 11.4. The lowest BCUT2D eigenvalue weighted by atomic mass is 9.91. The molecule has 7 heteroatoms. The number of unbranched alkanes of at least 4 members (excludes halogenated alkanes) is 1. The molecule has 0 atom stereocenters. The van der Waals surface area contributed by atoms with E-state index in [0.29, 0.717) is 26.1 Å². The van der Waals surface area contributed by atoms with Crippen LogP contribution in [-0.2, 0) is 24.4 Å². The zero-order chi connectivity index (χ0) is 31.6. The van der Waals surface area contributed by atoms with Crippen molar-refractivity contribution in [2.24, 2.45) is 11.1 Å². The van der Waals surface area contributed by atoms with Crippen molar-refractivity contribution in [3.63, 3.8) is 0 Å². The first kappa shape index (κ1) is 33.7. The van der Waals surface area contributed by atoms with Gasteiger partial charge in [0.2, 0.25) is 5.91 Å². The molecule has 7 nitrogen and oxygen atoms in total. The number of urea groups is 1. The Kier molecular flexibility index (Phi) is 12.2. The molecule has 0 saturated heterocycles. The number of anilines is 2. The minimum absolute atomic E-state index is 0.0304. The first-order valence-electron chi connectivity index (χ1n) is 15.5. The largest absolute Gasteiger partial charge is 0.373 e. The molecule has 0 saturated carbocycles. The van der Waals surface area contributed by atoms with E-state index < -0.39 is 0 Å². The summed E-state index contributed by atoms with van der Waals surface area (Å²) >= 11 is 0. The predicted molar refractivity (Wildman–Crippen MR) is 180 cm³/mol. The SMILES string of the molecule is CCCCN(C)c1ccc(-c2cccc(CN(Cc3cccc(CN)c3)C(=O)CC(C)(C)C)c2)cc1NC(=O)NC(C)C. The molecule has 0 aliphatic rings. The Morgan fingerprint density at radius 3 is 2.14 bits per heavy atom. The molecule has 0 bridgehead atoms. The fourth-order valence-electron chi connectivity index (χ4n) is 5.03. The summed E-state index contributed by atoms with van der Waals surface area (Å²) in [5.74, 6) is 0.123. The van der Waals surface area contributed by atoms with Gasteiger partial charge in [0.15, 0.2) is 0 Å². The highest BCUT2D eigenvalue weighted by Crippen LogP contribution is 2.32. The lowest BCUT2D eigenvalue weighted by Gasteiger charge is -2.27. The van der Waals surface area contributed by atoms with Gasteiger partial charge in [-0.1, -0.05) is 82.6 Å². The molecule has 3 aromatic carbocycles. The molecule has 0 heterocycles. The van der Waals surface area contributed by atoms with Crippen LogP contribution in [0.4, 0.5) is 16.2 Å². The van der Waals surface area contributed by atoms with Gasteiger partial charge < -0.3 is 26.2 Å². The lowest BCUT2D eigenvalue weighted by molar-refractivity contribution is -0.134. The molecule has 0 unspecified atom stereocenters. The summed E-state index contributed by atoms with van der Waals surface area (Å²) in [6.07, 6.45) is 2.63. The zero-order valence-corrected chi connectivity index (χ0v) is 27.2. The van der Waals surface area contributed by atoms with E-state index in [9.17, 15) is 9.59 Å². The Balaban J connectivity index is 1.93. The Morgan fingerprint density at radius 1 is 0.884 bits per heavy atom. The number of hydrogen-bond donors (Lipinski definition) is 3. The Bertz CT molecular complexity index is 1360. The van der Waals surface area contributed by atoms with E-state index in [-0.39, 0.29) is 23.4 Å². The van der Waals surface area contributed by atoms with Crippen LogP contribution >= 0.6 is 0 Å². The standard InChI is InChI=1S/C36H51N5O2/c1-8-9-18-40(7)33-17-16-31(21-32(33)39-35(43)38-26(2)3)30-15-11-14-29(20-30)25-41(34(42)22-36(4,5)6)24-28-13-10-12-27(19-28)23-37/h10-17,19-21,26H,8-9,18,22-25,37H2,1-7H3,(H2,38,39,43). The first-order valence-corrected chi connectivity index (χ1v) is 15.5. The van der Waals surface area contributed by atoms with Crippen LogP contribution in [0.15, 0.2) is 66.7 Å². The number of nitrogens with one attached hydrogen (secondary N) is 2. The minimum atomic E-state index is -0.224. The van der Waals surface area contributed by atoms with E-state index >= 15 is 0 Å². The summed E-state index contributed by atoms with van der Waals surface area (Å²) < 4.78 is 0. The monoisotopic (exact) mass is 585 g/mol. The van der Waals surface area contributed by atoms with Gasteiger partial charge in [0, 0.05) is 45.7 Å². The van der Waals surface area contributed by atoms with E-state index in [2.05, 4.69) is 92.7 Å². The molecule has 232 valence electrons. The number of amides is 3. The Hall–Kier alpha value is -3.84. The third kappa shape index (κ3) is 10.7. The molecule has 3 aromatic rings. The first-order chi connectivity index (χ1) is 20.4. The summed E-state index contributed by atoms with van der Waals surface area (Å²) in [5, 5.41) is 6.01. The van der Waals surface area contributed by atoms with E-state index in [0.717, 1.165) is 58.6 Å². The molecule has 0 spiro atoms. The summed E-state index contributed by atoms with van der Waals surface area (Å²) in [6, 6.07) is 22.5. The highest BCUT2D eigenvalue weighted by molar-refractivity contribution is 5.94. The fraction of sp³-hybridized carbons (Fsp3) is 0.444. The quantitative estimate of drug-likeness (QED) is 0.193. The Morgan fingerprint density at radius 2 is 1.51 bits per heavy atom. The smallest absolute Gasteiger partial charge is 0.319 e. The van der Waals surface area contributed by atoms with Gasteiger partial charge in [-0.2, -0.15) is 0 Å². The molecular formula is C36H51N5O2. The molecule has 4 N–H and O–H groups in total. The number of rotatable bonds is 13. The second-order valence-electron chi connectivity index (χ2n) is 13.0. The number of carbonyl (C=O) groups excluding carboxylic acids is 2. The number of carbonyl (C=O) groups is 2. The van der Waals surface area contributed by atoms with Gasteiger partial charge in [-0.15, -0.1) is 0 Å². The number of nitrogens with two attached hydrogens (primary N) is 1. The van der Waals surface area contributed by atoms with Crippen molar-refractivity contribution in [1.82, 2.24) is 10.2 Å². The highest BCUT2D eigenvalue weighted by Gasteiger charge is 2.22. The maximum atomic E-state index is 13.5. The molecule has 0 aliphatic carbocycles. The van der Waals surface area contributed by atoms with Gasteiger partial charge in [0.25, 0.3) is 0 Å². The molecule has 0 aromatic heterocycles. The van der Waals surface area contributed by atoms with Crippen molar-refractivity contribution in [2.75, 3.05) is 23.8 Å². The van der Waals surface area contributed by atoms with E-state index in [4.69, 9.17) is 5.73 Å². The van der Waals surface area contributed by atoms with Gasteiger partial charge >= 0.3 is 6.03 Å². The number of benzene rings is 3. The molecule has 3 amide bonds. The van der Waals surface area contributed by atoms with Crippen LogP contribution < -0.4 is 21.3 Å². The number of hydrogen-bond acceptors (Lipinski definition) is 4. The molecule has 0 radical (unpaired) electrons. The van der Waals surface area contributed by atoms with Gasteiger partial charge in [-0.05, 0) is 71.7 Å². The van der Waals surface area contributed by atoms with Crippen LogP contribution in [0.2, 0.25) is 0 Å². The fourth-order valence-corrected chi connectivity index (χ4v) is 5.03. The van der Waals surface area contributed by atoms with Gasteiger partial charge in [-0.25, -0.2) is 4.79 Å².